The van der Waals surface area contributed by atoms with E-state index in [1.165, 1.54) is 12.1 Å². The molecule has 0 aliphatic heterocycles. The minimum absolute atomic E-state index is 0.240. The number of aromatic amines is 1. The Bertz CT molecular complexity index is 732. The molecule has 0 atom stereocenters. The van der Waals surface area contributed by atoms with Gasteiger partial charge in [0.05, 0.1) is 17.7 Å². The smallest absolute Gasteiger partial charge is 0.191 e. The molecule has 0 amide bonds. The summed E-state index contributed by atoms with van der Waals surface area (Å²) in [6, 6.07) is 6.36. The summed E-state index contributed by atoms with van der Waals surface area (Å²) in [7, 11) is 1.95. The number of thiazole rings is 1. The third-order valence-corrected chi connectivity index (χ3v) is 4.20. The van der Waals surface area contributed by atoms with Crippen LogP contribution < -0.4 is 4.90 Å². The predicted octanol–water partition coefficient (Wildman–Crippen LogP) is 4.00. The van der Waals surface area contributed by atoms with Gasteiger partial charge in [0.15, 0.2) is 10.9 Å². The zero-order valence-electron chi connectivity index (χ0n) is 11.8. The van der Waals surface area contributed by atoms with E-state index < -0.39 is 0 Å². The number of hydrogen-bond acceptors (Lipinski definition) is 4. The van der Waals surface area contributed by atoms with Crippen molar-refractivity contribution in [1.29, 1.82) is 0 Å². The second kappa shape index (κ2) is 5.65. The zero-order valence-corrected chi connectivity index (χ0v) is 12.6. The third-order valence-electron chi connectivity index (χ3n) is 3.29. The lowest BCUT2D eigenvalue weighted by molar-refractivity contribution is 0.628. The normalized spacial score (nSPS) is 10.8. The first-order chi connectivity index (χ1) is 10.2. The molecule has 0 bridgehead atoms. The highest BCUT2D eigenvalue weighted by Gasteiger charge is 2.15. The Morgan fingerprint density at radius 2 is 2.05 bits per heavy atom. The summed E-state index contributed by atoms with van der Waals surface area (Å²) < 4.78 is 13.0. The van der Waals surface area contributed by atoms with Crippen molar-refractivity contribution >= 4 is 22.3 Å². The lowest BCUT2D eigenvalue weighted by atomic mass is 10.2. The molecule has 0 spiro atoms. The maximum atomic E-state index is 13.0. The topological polar surface area (TPSA) is 44.8 Å². The van der Waals surface area contributed by atoms with Gasteiger partial charge in [0.2, 0.25) is 0 Å². The van der Waals surface area contributed by atoms with Crippen LogP contribution in [0.25, 0.3) is 11.3 Å². The third kappa shape index (κ3) is 2.67. The Hall–Kier alpha value is -2.21. The number of rotatable bonds is 4. The van der Waals surface area contributed by atoms with Crippen LogP contribution in [0.1, 0.15) is 12.6 Å². The van der Waals surface area contributed by atoms with Crippen LogP contribution in [0.2, 0.25) is 0 Å². The molecule has 0 unspecified atom stereocenters. The second-order valence-electron chi connectivity index (χ2n) is 4.64. The van der Waals surface area contributed by atoms with Crippen LogP contribution in [0.4, 0.5) is 15.3 Å². The maximum absolute atomic E-state index is 13.0. The first kappa shape index (κ1) is 13.8. The second-order valence-corrected chi connectivity index (χ2v) is 5.48. The summed E-state index contributed by atoms with van der Waals surface area (Å²) in [5.74, 6) is 0.646. The monoisotopic (exact) mass is 302 g/mol. The van der Waals surface area contributed by atoms with Crippen molar-refractivity contribution in [3.8, 4) is 11.3 Å². The first-order valence-corrected chi connectivity index (χ1v) is 7.54. The Labute approximate surface area is 126 Å². The van der Waals surface area contributed by atoms with Gasteiger partial charge < -0.3 is 9.88 Å². The fourth-order valence-electron chi connectivity index (χ4n) is 2.13. The molecule has 0 saturated heterocycles. The van der Waals surface area contributed by atoms with Gasteiger partial charge in [-0.15, -0.1) is 11.3 Å². The molecule has 0 saturated carbocycles. The van der Waals surface area contributed by atoms with Gasteiger partial charge in [-0.3, -0.25) is 0 Å². The quantitative estimate of drug-likeness (QED) is 0.792. The molecule has 108 valence electrons. The van der Waals surface area contributed by atoms with E-state index in [4.69, 9.17) is 0 Å². The van der Waals surface area contributed by atoms with E-state index in [0.29, 0.717) is 0 Å². The Morgan fingerprint density at radius 3 is 2.76 bits per heavy atom. The fourth-order valence-corrected chi connectivity index (χ4v) is 2.93. The highest BCUT2D eigenvalue weighted by atomic mass is 32.1. The molecule has 2 aromatic heterocycles. The molecule has 0 fully saturated rings. The molecule has 1 aromatic carbocycles. The zero-order chi connectivity index (χ0) is 14.8. The number of aryl methyl sites for hydroxylation is 1. The van der Waals surface area contributed by atoms with Crippen LogP contribution in [0.3, 0.4) is 0 Å². The van der Waals surface area contributed by atoms with Crippen LogP contribution in [-0.4, -0.2) is 22.0 Å². The van der Waals surface area contributed by atoms with Gasteiger partial charge in [0.1, 0.15) is 5.82 Å². The lowest BCUT2D eigenvalue weighted by Crippen LogP contribution is -2.11. The standard InChI is InChI=1S/C15H15FN4S/c1-3-12-14(18-9-17-12)20(2)15-19-13(8-21-15)10-4-6-11(16)7-5-10/h4-9H,3H2,1-2H3,(H,17,18). The molecular formula is C15H15FN4S. The number of H-pyrrole nitrogens is 1. The van der Waals surface area contributed by atoms with Crippen molar-refractivity contribution in [2.45, 2.75) is 13.3 Å². The van der Waals surface area contributed by atoms with E-state index in [1.807, 2.05) is 17.3 Å². The molecule has 6 heteroatoms. The van der Waals surface area contributed by atoms with E-state index in [0.717, 1.165) is 34.3 Å². The van der Waals surface area contributed by atoms with Crippen molar-refractivity contribution in [3.05, 3.63) is 47.5 Å². The van der Waals surface area contributed by atoms with Crippen molar-refractivity contribution in [2.75, 3.05) is 11.9 Å². The molecule has 0 aliphatic carbocycles. The van der Waals surface area contributed by atoms with Gasteiger partial charge in [0.25, 0.3) is 0 Å². The van der Waals surface area contributed by atoms with Crippen LogP contribution in [0.15, 0.2) is 36.0 Å². The van der Waals surface area contributed by atoms with E-state index in [2.05, 4.69) is 21.9 Å². The SMILES string of the molecule is CCc1[nH]cnc1N(C)c1nc(-c2ccc(F)cc2)cs1. The molecule has 1 N–H and O–H groups in total. The van der Waals surface area contributed by atoms with Gasteiger partial charge in [-0.1, -0.05) is 6.92 Å². The largest absolute Gasteiger partial charge is 0.347 e. The number of benzene rings is 1. The Balaban J connectivity index is 1.89. The Kier molecular flexibility index (Phi) is 3.70. The van der Waals surface area contributed by atoms with Crippen molar-refractivity contribution in [3.63, 3.8) is 0 Å². The molecule has 2 heterocycles. The van der Waals surface area contributed by atoms with Crippen LogP contribution >= 0.6 is 11.3 Å². The molecule has 21 heavy (non-hydrogen) atoms. The van der Waals surface area contributed by atoms with Gasteiger partial charge >= 0.3 is 0 Å². The molecule has 3 rings (SSSR count). The fraction of sp³-hybridized carbons (Fsp3) is 0.200. The molecule has 3 aromatic rings. The van der Waals surface area contributed by atoms with E-state index in [1.54, 1.807) is 29.8 Å². The number of anilines is 2. The van der Waals surface area contributed by atoms with Crippen LogP contribution in [0.5, 0.6) is 0 Å². The van der Waals surface area contributed by atoms with Crippen LogP contribution in [-0.2, 0) is 6.42 Å². The summed E-state index contributed by atoms with van der Waals surface area (Å²) in [5, 5.41) is 2.83. The minimum Gasteiger partial charge on any atom is -0.347 e. The highest BCUT2D eigenvalue weighted by molar-refractivity contribution is 7.14. The van der Waals surface area contributed by atoms with Gasteiger partial charge in [-0.25, -0.2) is 14.4 Å². The average Bonchev–Trinajstić information content (AvgIpc) is 3.16. The van der Waals surface area contributed by atoms with Crippen molar-refractivity contribution in [2.24, 2.45) is 0 Å². The minimum atomic E-state index is -0.240. The number of nitrogens with one attached hydrogen (secondary N) is 1. The summed E-state index contributed by atoms with van der Waals surface area (Å²) in [4.78, 5) is 14.1. The number of halogens is 1. The van der Waals surface area contributed by atoms with E-state index in [-0.39, 0.29) is 5.82 Å². The van der Waals surface area contributed by atoms with E-state index >= 15 is 0 Å². The average molecular weight is 302 g/mol. The number of imidazole rings is 1. The number of hydrogen-bond donors (Lipinski definition) is 1. The van der Waals surface area contributed by atoms with Gasteiger partial charge in [-0.2, -0.15) is 0 Å². The van der Waals surface area contributed by atoms with Crippen molar-refractivity contribution < 1.29 is 4.39 Å². The highest BCUT2D eigenvalue weighted by Crippen LogP contribution is 2.31. The number of nitrogens with zero attached hydrogens (tertiary/aromatic N) is 3. The molecule has 4 nitrogen and oxygen atoms in total. The summed E-state index contributed by atoms with van der Waals surface area (Å²) >= 11 is 1.54. The van der Waals surface area contributed by atoms with Crippen molar-refractivity contribution in [1.82, 2.24) is 15.0 Å². The first-order valence-electron chi connectivity index (χ1n) is 6.66. The summed E-state index contributed by atoms with van der Waals surface area (Å²) in [5.41, 5.74) is 2.83. The van der Waals surface area contributed by atoms with E-state index in [9.17, 15) is 4.39 Å². The number of aromatic nitrogens is 3. The Morgan fingerprint density at radius 1 is 1.29 bits per heavy atom. The predicted molar refractivity (Wildman–Crippen MR) is 83.5 cm³/mol. The summed E-state index contributed by atoms with van der Waals surface area (Å²) in [6.07, 6.45) is 2.58. The maximum Gasteiger partial charge on any atom is 0.191 e. The van der Waals surface area contributed by atoms with Gasteiger partial charge in [-0.05, 0) is 30.7 Å². The molecular weight excluding hydrogens is 287 g/mol. The summed E-state index contributed by atoms with van der Waals surface area (Å²) in [6.45, 7) is 2.08. The van der Waals surface area contributed by atoms with Crippen LogP contribution in [0, 0.1) is 5.82 Å². The lowest BCUT2D eigenvalue weighted by Gasteiger charge is -2.14. The molecule has 0 aliphatic rings. The van der Waals surface area contributed by atoms with Gasteiger partial charge in [0, 0.05) is 18.0 Å². The molecule has 0 radical (unpaired) electrons.